The number of hydrogen-bond donors (Lipinski definition) is 0. The summed E-state index contributed by atoms with van der Waals surface area (Å²) in [6, 6.07) is 6.85. The average Bonchev–Trinajstić information content (AvgIpc) is 2.86. The van der Waals surface area contributed by atoms with Crippen molar-refractivity contribution in [3.63, 3.8) is 0 Å². The van der Waals surface area contributed by atoms with Gasteiger partial charge in [-0.2, -0.15) is 0 Å². The average molecular weight is 376 g/mol. The normalized spacial score (nSPS) is 18.1. The predicted octanol–water partition coefficient (Wildman–Crippen LogP) is 1.66. The third-order valence-corrected chi connectivity index (χ3v) is 5.16. The minimum atomic E-state index is -0.141. The molecule has 2 heterocycles. The van der Waals surface area contributed by atoms with Crippen molar-refractivity contribution in [3.05, 3.63) is 47.5 Å². The summed E-state index contributed by atoms with van der Waals surface area (Å²) < 4.78 is 0. The summed E-state index contributed by atoms with van der Waals surface area (Å²) in [4.78, 5) is 41.9. The van der Waals surface area contributed by atoms with Crippen molar-refractivity contribution >= 4 is 29.3 Å². The third-order valence-electron chi connectivity index (χ3n) is 4.90. The maximum atomic E-state index is 12.6. The fourth-order valence-corrected chi connectivity index (χ4v) is 3.44. The molecule has 1 aromatic rings. The number of hydrogen-bond acceptors (Lipinski definition) is 3. The Bertz CT molecular complexity index is 713. The summed E-state index contributed by atoms with van der Waals surface area (Å²) in [6.07, 6.45) is 2.01. The van der Waals surface area contributed by atoms with Gasteiger partial charge in [0, 0.05) is 49.9 Å². The largest absolute Gasteiger partial charge is 0.340 e. The van der Waals surface area contributed by atoms with Gasteiger partial charge in [-0.3, -0.25) is 14.4 Å². The molecule has 1 aromatic carbocycles. The number of rotatable bonds is 3. The van der Waals surface area contributed by atoms with E-state index in [-0.39, 0.29) is 23.6 Å². The van der Waals surface area contributed by atoms with Crippen molar-refractivity contribution < 1.29 is 14.4 Å². The Morgan fingerprint density at radius 1 is 0.962 bits per heavy atom. The lowest BCUT2D eigenvalue weighted by Gasteiger charge is -2.39. The molecule has 0 aliphatic carbocycles. The van der Waals surface area contributed by atoms with Gasteiger partial charge in [-0.25, -0.2) is 0 Å². The minimum absolute atomic E-state index is 0.0395. The van der Waals surface area contributed by atoms with Crippen molar-refractivity contribution in [2.45, 2.75) is 6.42 Å². The topological polar surface area (TPSA) is 60.9 Å². The van der Waals surface area contributed by atoms with Crippen LogP contribution in [0.4, 0.5) is 0 Å². The molecule has 0 radical (unpaired) electrons. The molecule has 3 amide bonds. The quantitative estimate of drug-likeness (QED) is 0.755. The molecule has 0 saturated carbocycles. The van der Waals surface area contributed by atoms with Crippen LogP contribution in [-0.4, -0.2) is 71.7 Å². The second kappa shape index (κ2) is 7.91. The smallest absolute Gasteiger partial charge is 0.253 e. The van der Waals surface area contributed by atoms with Crippen LogP contribution in [0.1, 0.15) is 16.8 Å². The molecule has 2 saturated heterocycles. The number of carbonyl (C=O) groups is 3. The summed E-state index contributed by atoms with van der Waals surface area (Å²) in [5.41, 5.74) is 0.603. The molecule has 2 fully saturated rings. The number of amides is 3. The van der Waals surface area contributed by atoms with Crippen LogP contribution in [0.3, 0.4) is 0 Å². The van der Waals surface area contributed by atoms with Crippen molar-refractivity contribution in [2.75, 3.05) is 39.3 Å². The molecule has 3 rings (SSSR count). The van der Waals surface area contributed by atoms with Crippen LogP contribution < -0.4 is 0 Å². The highest BCUT2D eigenvalue weighted by molar-refractivity contribution is 6.30. The van der Waals surface area contributed by atoms with E-state index in [1.165, 1.54) is 6.08 Å². The Hall–Kier alpha value is -2.34. The Balaban J connectivity index is 1.54. The van der Waals surface area contributed by atoms with Crippen LogP contribution in [0.15, 0.2) is 36.9 Å². The van der Waals surface area contributed by atoms with E-state index in [4.69, 9.17) is 11.6 Å². The number of likely N-dealkylation sites (tertiary alicyclic amines) is 1. The van der Waals surface area contributed by atoms with Crippen molar-refractivity contribution in [1.29, 1.82) is 0 Å². The lowest BCUT2D eigenvalue weighted by molar-refractivity contribution is -0.146. The van der Waals surface area contributed by atoms with Crippen LogP contribution >= 0.6 is 11.6 Å². The van der Waals surface area contributed by atoms with E-state index < -0.39 is 0 Å². The number of benzene rings is 1. The highest BCUT2D eigenvalue weighted by Gasteiger charge is 2.37. The zero-order chi connectivity index (χ0) is 18.7. The number of halogens is 1. The summed E-state index contributed by atoms with van der Waals surface area (Å²) in [5, 5.41) is 0.596. The van der Waals surface area contributed by atoms with Gasteiger partial charge < -0.3 is 14.7 Å². The van der Waals surface area contributed by atoms with E-state index in [9.17, 15) is 14.4 Å². The molecule has 0 bridgehead atoms. The van der Waals surface area contributed by atoms with E-state index in [1.54, 1.807) is 34.1 Å². The number of nitrogens with zero attached hydrogens (tertiary/aromatic N) is 3. The summed E-state index contributed by atoms with van der Waals surface area (Å²) >= 11 is 5.87. The molecule has 0 unspecified atom stereocenters. The fourth-order valence-electron chi connectivity index (χ4n) is 3.32. The summed E-state index contributed by atoms with van der Waals surface area (Å²) in [6.45, 7) is 6.65. The molecule has 0 aromatic heterocycles. The first-order chi connectivity index (χ1) is 12.5. The summed E-state index contributed by atoms with van der Waals surface area (Å²) in [7, 11) is 0. The molecule has 138 valence electrons. The second-order valence-corrected chi connectivity index (χ2v) is 7.06. The van der Waals surface area contributed by atoms with Gasteiger partial charge in [0.05, 0.1) is 5.92 Å². The van der Waals surface area contributed by atoms with Gasteiger partial charge in [0.25, 0.3) is 5.91 Å². The second-order valence-electron chi connectivity index (χ2n) is 6.62. The first-order valence-corrected chi connectivity index (χ1v) is 9.12. The standard InChI is InChI=1S/C19H22ClN3O3/c1-2-17(24)23-12-15(13-23)19(26)22-9-3-8-21(10-11-22)18(25)14-4-6-16(20)7-5-14/h2,4-7,15H,1,3,8-13H2. The van der Waals surface area contributed by atoms with Gasteiger partial charge in [0.1, 0.15) is 0 Å². The molecular formula is C19H22ClN3O3. The minimum Gasteiger partial charge on any atom is -0.340 e. The molecule has 7 heteroatoms. The molecule has 0 spiro atoms. The first kappa shape index (κ1) is 18.5. The lowest BCUT2D eigenvalue weighted by Crippen LogP contribution is -2.56. The van der Waals surface area contributed by atoms with Gasteiger partial charge in [-0.15, -0.1) is 0 Å². The van der Waals surface area contributed by atoms with Crippen molar-refractivity contribution in [3.8, 4) is 0 Å². The molecule has 0 atom stereocenters. The molecule has 26 heavy (non-hydrogen) atoms. The van der Waals surface area contributed by atoms with E-state index >= 15 is 0 Å². The van der Waals surface area contributed by atoms with E-state index in [0.29, 0.717) is 49.9 Å². The Kier molecular flexibility index (Phi) is 5.61. The molecule has 0 N–H and O–H groups in total. The molecular weight excluding hydrogens is 354 g/mol. The van der Waals surface area contributed by atoms with E-state index in [1.807, 2.05) is 4.90 Å². The van der Waals surface area contributed by atoms with Crippen LogP contribution in [0.2, 0.25) is 5.02 Å². The van der Waals surface area contributed by atoms with Crippen LogP contribution in [0.25, 0.3) is 0 Å². The van der Waals surface area contributed by atoms with Crippen LogP contribution in [-0.2, 0) is 9.59 Å². The monoisotopic (exact) mass is 375 g/mol. The predicted molar refractivity (Wildman–Crippen MR) is 98.8 cm³/mol. The van der Waals surface area contributed by atoms with Crippen molar-refractivity contribution in [2.24, 2.45) is 5.92 Å². The first-order valence-electron chi connectivity index (χ1n) is 8.74. The van der Waals surface area contributed by atoms with Gasteiger partial charge in [0.15, 0.2) is 0 Å². The molecule has 2 aliphatic heterocycles. The van der Waals surface area contributed by atoms with Gasteiger partial charge >= 0.3 is 0 Å². The van der Waals surface area contributed by atoms with Crippen LogP contribution in [0.5, 0.6) is 0 Å². The summed E-state index contributed by atoms with van der Waals surface area (Å²) in [5.74, 6) is -0.247. The highest BCUT2D eigenvalue weighted by Crippen LogP contribution is 2.20. The lowest BCUT2D eigenvalue weighted by atomic mass is 9.98. The maximum Gasteiger partial charge on any atom is 0.253 e. The Morgan fingerprint density at radius 2 is 1.58 bits per heavy atom. The molecule has 6 nitrogen and oxygen atoms in total. The zero-order valence-corrected chi connectivity index (χ0v) is 15.3. The van der Waals surface area contributed by atoms with Crippen molar-refractivity contribution in [1.82, 2.24) is 14.7 Å². The van der Waals surface area contributed by atoms with Gasteiger partial charge in [0.2, 0.25) is 11.8 Å². The van der Waals surface area contributed by atoms with Crippen LogP contribution in [0, 0.1) is 5.92 Å². The van der Waals surface area contributed by atoms with E-state index in [2.05, 4.69) is 6.58 Å². The fraction of sp³-hybridized carbons (Fsp3) is 0.421. The highest BCUT2D eigenvalue weighted by atomic mass is 35.5. The van der Waals surface area contributed by atoms with Gasteiger partial charge in [-0.05, 0) is 36.8 Å². The Labute approximate surface area is 158 Å². The zero-order valence-electron chi connectivity index (χ0n) is 14.6. The third kappa shape index (κ3) is 3.90. The van der Waals surface area contributed by atoms with Gasteiger partial charge in [-0.1, -0.05) is 18.2 Å². The molecule has 2 aliphatic rings. The Morgan fingerprint density at radius 3 is 2.23 bits per heavy atom. The SMILES string of the molecule is C=CC(=O)N1CC(C(=O)N2CCCN(C(=O)c3ccc(Cl)cc3)CC2)C1. The maximum absolute atomic E-state index is 12.6. The number of carbonyl (C=O) groups excluding carboxylic acids is 3. The van der Waals surface area contributed by atoms with E-state index in [0.717, 1.165) is 6.42 Å².